The Bertz CT molecular complexity index is 480. The van der Waals surface area contributed by atoms with Gasteiger partial charge in [-0.3, -0.25) is 4.79 Å². The molecule has 0 radical (unpaired) electrons. The van der Waals surface area contributed by atoms with Gasteiger partial charge in [-0.05, 0) is 19.8 Å². The highest BCUT2D eigenvalue weighted by Gasteiger charge is 2.22. The van der Waals surface area contributed by atoms with E-state index in [-0.39, 0.29) is 30.8 Å². The van der Waals surface area contributed by atoms with E-state index >= 15 is 0 Å². The number of carbonyl (C=O) groups is 2. The minimum Gasteiger partial charge on any atom is -0.461 e. The second-order valence-electron chi connectivity index (χ2n) is 4.68. The smallest absolute Gasteiger partial charge is 0.360 e. The Morgan fingerprint density at radius 2 is 2.15 bits per heavy atom. The van der Waals surface area contributed by atoms with Gasteiger partial charge >= 0.3 is 5.97 Å². The summed E-state index contributed by atoms with van der Waals surface area (Å²) in [7, 11) is 1.70. The van der Waals surface area contributed by atoms with Crippen LogP contribution in [0.25, 0.3) is 0 Å². The van der Waals surface area contributed by atoms with E-state index in [9.17, 15) is 9.59 Å². The average Bonchev–Trinajstić information content (AvgIpc) is 3.10. The molecule has 110 valence electrons. The van der Waals surface area contributed by atoms with Crippen LogP contribution in [0.15, 0.2) is 10.7 Å². The Hall–Kier alpha value is -2.05. The topological polar surface area (TPSA) is 75.9 Å². The molecule has 0 atom stereocenters. The van der Waals surface area contributed by atoms with Gasteiger partial charge in [0.2, 0.25) is 5.91 Å². The van der Waals surface area contributed by atoms with Gasteiger partial charge in [-0.25, -0.2) is 4.79 Å². The molecule has 20 heavy (non-hydrogen) atoms. The van der Waals surface area contributed by atoms with Crippen LogP contribution in [0.1, 0.15) is 30.3 Å². The number of carbonyl (C=O) groups excluding carboxylic acids is 2. The van der Waals surface area contributed by atoms with E-state index in [1.807, 2.05) is 4.90 Å². The number of amides is 1. The molecule has 0 aliphatic carbocycles. The van der Waals surface area contributed by atoms with Crippen molar-refractivity contribution in [3.05, 3.63) is 12.0 Å². The van der Waals surface area contributed by atoms with Crippen molar-refractivity contribution >= 4 is 17.9 Å². The highest BCUT2D eigenvalue weighted by molar-refractivity contribution is 5.87. The maximum Gasteiger partial charge on any atom is 0.360 e. The number of anilines is 1. The molecular weight excluding hydrogens is 262 g/mol. The van der Waals surface area contributed by atoms with Crippen LogP contribution in [0, 0.1) is 0 Å². The van der Waals surface area contributed by atoms with Crippen LogP contribution in [-0.4, -0.2) is 55.0 Å². The first-order valence-corrected chi connectivity index (χ1v) is 6.73. The molecule has 1 aromatic heterocycles. The van der Waals surface area contributed by atoms with Crippen molar-refractivity contribution in [2.24, 2.45) is 0 Å². The van der Waals surface area contributed by atoms with Crippen molar-refractivity contribution in [3.63, 3.8) is 0 Å². The summed E-state index contributed by atoms with van der Waals surface area (Å²) < 4.78 is 10.0. The lowest BCUT2D eigenvalue weighted by atomic mass is 10.4. The molecule has 2 rings (SSSR count). The summed E-state index contributed by atoms with van der Waals surface area (Å²) in [6.07, 6.45) is 3.35. The molecule has 7 nitrogen and oxygen atoms in total. The minimum atomic E-state index is -0.526. The molecule has 0 saturated carbocycles. The molecule has 1 saturated heterocycles. The molecule has 0 spiro atoms. The number of esters is 1. The molecule has 1 aliphatic rings. The fourth-order valence-corrected chi connectivity index (χ4v) is 2.08. The maximum absolute atomic E-state index is 12.0. The first-order chi connectivity index (χ1) is 9.61. The molecule has 0 bridgehead atoms. The zero-order valence-electron chi connectivity index (χ0n) is 11.8. The first-order valence-electron chi connectivity index (χ1n) is 6.73. The van der Waals surface area contributed by atoms with Crippen LogP contribution < -0.4 is 4.90 Å². The van der Waals surface area contributed by atoms with Crippen LogP contribution in [-0.2, 0) is 9.53 Å². The highest BCUT2D eigenvalue weighted by Crippen LogP contribution is 2.14. The van der Waals surface area contributed by atoms with Crippen LogP contribution in [0.2, 0.25) is 0 Å². The van der Waals surface area contributed by atoms with E-state index in [0.717, 1.165) is 25.9 Å². The van der Waals surface area contributed by atoms with E-state index in [4.69, 9.17) is 9.15 Å². The third-order valence-electron chi connectivity index (χ3n) is 3.13. The number of hydrogen-bond acceptors (Lipinski definition) is 6. The number of oxazole rings is 1. The highest BCUT2D eigenvalue weighted by atomic mass is 16.5. The quantitative estimate of drug-likeness (QED) is 0.747. The lowest BCUT2D eigenvalue weighted by molar-refractivity contribution is -0.128. The molecule has 0 unspecified atom stereocenters. The largest absolute Gasteiger partial charge is 0.461 e. The summed E-state index contributed by atoms with van der Waals surface area (Å²) in [5.41, 5.74) is 0.113. The van der Waals surface area contributed by atoms with Crippen molar-refractivity contribution in [1.29, 1.82) is 0 Å². The van der Waals surface area contributed by atoms with Gasteiger partial charge in [-0.15, -0.1) is 0 Å². The molecule has 2 heterocycles. The molecule has 0 N–H and O–H groups in total. The number of aromatic nitrogens is 1. The number of ether oxygens (including phenoxy) is 1. The first kappa shape index (κ1) is 14.4. The van der Waals surface area contributed by atoms with Gasteiger partial charge in [-0.2, -0.15) is 4.98 Å². The molecule has 1 aliphatic heterocycles. The molecule has 1 fully saturated rings. The summed E-state index contributed by atoms with van der Waals surface area (Å²) in [5.74, 6) is -0.484. The van der Waals surface area contributed by atoms with E-state index in [1.54, 1.807) is 18.9 Å². The Morgan fingerprint density at radius 3 is 2.80 bits per heavy atom. The van der Waals surface area contributed by atoms with E-state index < -0.39 is 5.97 Å². The Kier molecular flexibility index (Phi) is 4.60. The number of nitrogens with zero attached hydrogens (tertiary/aromatic N) is 3. The average molecular weight is 281 g/mol. The predicted octanol–water partition coefficient (Wildman–Crippen LogP) is 0.910. The van der Waals surface area contributed by atoms with E-state index in [0.29, 0.717) is 0 Å². The summed E-state index contributed by atoms with van der Waals surface area (Å²) in [6, 6.07) is 0.237. The fraction of sp³-hybridized carbons (Fsp3) is 0.615. The SMILES string of the molecule is CCOC(=O)c1coc(N(C)CC(=O)N2CCCC2)n1. The number of rotatable bonds is 5. The summed E-state index contributed by atoms with van der Waals surface area (Å²) in [6.45, 7) is 3.81. The standard InChI is InChI=1S/C13H19N3O4/c1-3-19-12(18)10-9-20-13(14-10)15(2)8-11(17)16-6-4-5-7-16/h9H,3-8H2,1-2H3. The summed E-state index contributed by atoms with van der Waals surface area (Å²) >= 11 is 0. The third kappa shape index (κ3) is 3.28. The van der Waals surface area contributed by atoms with Crippen LogP contribution >= 0.6 is 0 Å². The predicted molar refractivity (Wildman–Crippen MR) is 71.5 cm³/mol. The molecule has 0 aromatic carbocycles. The van der Waals surface area contributed by atoms with Crippen molar-refractivity contribution in [2.75, 3.05) is 38.2 Å². The summed E-state index contributed by atoms with van der Waals surface area (Å²) in [4.78, 5) is 30.9. The van der Waals surface area contributed by atoms with Gasteiger partial charge in [0.05, 0.1) is 6.61 Å². The second-order valence-corrected chi connectivity index (χ2v) is 4.68. The zero-order valence-corrected chi connectivity index (χ0v) is 11.8. The van der Waals surface area contributed by atoms with Crippen molar-refractivity contribution in [1.82, 2.24) is 9.88 Å². The second kappa shape index (κ2) is 6.40. The monoisotopic (exact) mass is 281 g/mol. The van der Waals surface area contributed by atoms with Gasteiger partial charge in [-0.1, -0.05) is 0 Å². The van der Waals surface area contributed by atoms with E-state index in [1.165, 1.54) is 6.26 Å². The van der Waals surface area contributed by atoms with Crippen LogP contribution in [0.5, 0.6) is 0 Å². The van der Waals surface area contributed by atoms with Gasteiger partial charge < -0.3 is 19.0 Å². The number of likely N-dealkylation sites (N-methyl/N-ethyl adjacent to an activating group) is 1. The van der Waals surface area contributed by atoms with Gasteiger partial charge in [0.15, 0.2) is 5.69 Å². The zero-order chi connectivity index (χ0) is 14.5. The van der Waals surface area contributed by atoms with Crippen LogP contribution in [0.3, 0.4) is 0 Å². The Labute approximate surface area is 117 Å². The maximum atomic E-state index is 12.0. The van der Waals surface area contributed by atoms with Crippen molar-refractivity contribution in [2.45, 2.75) is 19.8 Å². The molecule has 1 aromatic rings. The third-order valence-corrected chi connectivity index (χ3v) is 3.13. The van der Waals surface area contributed by atoms with E-state index in [2.05, 4.69) is 4.98 Å². The van der Waals surface area contributed by atoms with Gasteiger partial charge in [0.1, 0.15) is 12.8 Å². The van der Waals surface area contributed by atoms with Gasteiger partial charge in [0.25, 0.3) is 6.01 Å². The minimum absolute atomic E-state index is 0.0425. The van der Waals surface area contributed by atoms with Crippen molar-refractivity contribution < 1.29 is 18.7 Å². The number of likely N-dealkylation sites (tertiary alicyclic amines) is 1. The Balaban J connectivity index is 1.93. The number of hydrogen-bond donors (Lipinski definition) is 0. The molecular formula is C13H19N3O4. The van der Waals surface area contributed by atoms with Crippen molar-refractivity contribution in [3.8, 4) is 0 Å². The molecule has 7 heteroatoms. The lowest BCUT2D eigenvalue weighted by Gasteiger charge is -2.19. The Morgan fingerprint density at radius 1 is 1.45 bits per heavy atom. The normalized spacial score (nSPS) is 14.4. The summed E-state index contributed by atoms with van der Waals surface area (Å²) in [5, 5.41) is 0. The fourth-order valence-electron chi connectivity index (χ4n) is 2.08. The van der Waals surface area contributed by atoms with Crippen LogP contribution in [0.4, 0.5) is 6.01 Å². The lowest BCUT2D eigenvalue weighted by Crippen LogP contribution is -2.37. The molecule has 1 amide bonds. The van der Waals surface area contributed by atoms with Gasteiger partial charge in [0, 0.05) is 20.1 Å².